The van der Waals surface area contributed by atoms with Crippen molar-refractivity contribution < 1.29 is 14.7 Å². The van der Waals surface area contributed by atoms with Crippen LogP contribution in [0.25, 0.3) is 11.3 Å². The highest BCUT2D eigenvalue weighted by molar-refractivity contribution is 5.97. The number of aliphatic hydroxyl groups is 1. The Morgan fingerprint density at radius 1 is 1.32 bits per heavy atom. The first-order chi connectivity index (χ1) is 14.7. The number of amides is 2. The number of hydrogen-bond donors (Lipinski definition) is 2. The van der Waals surface area contributed by atoms with Crippen molar-refractivity contribution in [3.63, 3.8) is 0 Å². The van der Waals surface area contributed by atoms with Gasteiger partial charge in [0.15, 0.2) is 0 Å². The van der Waals surface area contributed by atoms with E-state index in [1.807, 2.05) is 6.07 Å². The summed E-state index contributed by atoms with van der Waals surface area (Å²) < 4.78 is 1.28. The van der Waals surface area contributed by atoms with Gasteiger partial charge in [-0.1, -0.05) is 0 Å². The fraction of sp³-hybridized carbons (Fsp3) is 0.409. The molecule has 2 heterocycles. The second-order valence-corrected chi connectivity index (χ2v) is 8.50. The van der Waals surface area contributed by atoms with Crippen LogP contribution in [0.2, 0.25) is 0 Å². The number of nitrogens with one attached hydrogen (secondary N) is 1. The molecule has 31 heavy (non-hydrogen) atoms. The van der Waals surface area contributed by atoms with Gasteiger partial charge >= 0.3 is 0 Å². The molecule has 0 bridgehead atoms. The second kappa shape index (κ2) is 7.63. The highest BCUT2D eigenvalue weighted by Crippen LogP contribution is 2.33. The first-order valence-electron chi connectivity index (χ1n) is 10.1. The molecule has 2 amide bonds. The predicted molar refractivity (Wildman–Crippen MR) is 112 cm³/mol. The Hall–Kier alpha value is -3.51. The quantitative estimate of drug-likeness (QED) is 0.742. The van der Waals surface area contributed by atoms with Crippen LogP contribution in [-0.4, -0.2) is 50.1 Å². The molecule has 1 saturated carbocycles. The molecule has 1 aromatic heterocycles. The van der Waals surface area contributed by atoms with E-state index in [1.165, 1.54) is 15.5 Å². The number of carbonyl (C=O) groups is 2. The summed E-state index contributed by atoms with van der Waals surface area (Å²) in [4.78, 5) is 43.4. The van der Waals surface area contributed by atoms with Gasteiger partial charge in [0, 0.05) is 17.5 Å². The lowest BCUT2D eigenvalue weighted by Crippen LogP contribution is -2.62. The van der Waals surface area contributed by atoms with Crippen LogP contribution in [0.1, 0.15) is 31.2 Å². The minimum Gasteiger partial charge on any atom is -0.386 e. The molecule has 1 aliphatic carbocycles. The van der Waals surface area contributed by atoms with E-state index >= 15 is 0 Å². The fourth-order valence-corrected chi connectivity index (χ4v) is 3.66. The van der Waals surface area contributed by atoms with Gasteiger partial charge in [-0.2, -0.15) is 5.26 Å². The van der Waals surface area contributed by atoms with Gasteiger partial charge in [0.25, 0.3) is 5.56 Å². The monoisotopic (exact) mass is 421 g/mol. The van der Waals surface area contributed by atoms with Crippen molar-refractivity contribution in [3.05, 3.63) is 46.0 Å². The number of anilines is 1. The fourth-order valence-electron chi connectivity index (χ4n) is 3.66. The van der Waals surface area contributed by atoms with Crippen molar-refractivity contribution in [2.45, 2.75) is 38.8 Å². The van der Waals surface area contributed by atoms with Crippen LogP contribution in [0.5, 0.6) is 0 Å². The number of likely N-dealkylation sites (tertiary alicyclic amines) is 1. The van der Waals surface area contributed by atoms with Crippen LogP contribution in [0.4, 0.5) is 5.69 Å². The number of nitrogens with zero attached hydrogens (tertiary/aromatic N) is 4. The van der Waals surface area contributed by atoms with Crippen molar-refractivity contribution in [2.75, 3.05) is 18.4 Å². The van der Waals surface area contributed by atoms with E-state index in [0.29, 0.717) is 28.3 Å². The van der Waals surface area contributed by atoms with E-state index in [1.54, 1.807) is 32.0 Å². The maximum Gasteiger partial charge on any atom is 0.254 e. The SMILES string of the molecule is Cc1nc(-c2ccc(C#N)cc2NC(=O)C2CC2)cc(=O)n1CC(=O)N1CC(C)(O)C1. The zero-order valence-corrected chi connectivity index (χ0v) is 17.4. The highest BCUT2D eigenvalue weighted by atomic mass is 16.3. The molecule has 160 valence electrons. The minimum atomic E-state index is -0.880. The smallest absolute Gasteiger partial charge is 0.254 e. The third-order valence-electron chi connectivity index (χ3n) is 5.54. The maximum absolute atomic E-state index is 12.8. The standard InChI is InChI=1S/C22H23N5O4/c1-13-24-18(8-19(28)27(13)10-20(29)26-11-22(2,31)12-26)16-6-3-14(9-23)7-17(16)25-21(30)15-4-5-15/h3,6-8,15,31H,4-5,10-12H2,1-2H3,(H,25,30). The third-order valence-corrected chi connectivity index (χ3v) is 5.54. The zero-order chi connectivity index (χ0) is 22.3. The van der Waals surface area contributed by atoms with E-state index in [4.69, 9.17) is 0 Å². The number of rotatable bonds is 5. The predicted octanol–water partition coefficient (Wildman–Crippen LogP) is 1.03. The Morgan fingerprint density at radius 3 is 2.61 bits per heavy atom. The summed E-state index contributed by atoms with van der Waals surface area (Å²) in [5.41, 5.74) is 0.426. The summed E-state index contributed by atoms with van der Waals surface area (Å²) in [5.74, 6) is -0.0407. The molecule has 1 saturated heterocycles. The number of carbonyl (C=O) groups excluding carboxylic acids is 2. The van der Waals surface area contributed by atoms with Crippen LogP contribution in [0, 0.1) is 24.2 Å². The first-order valence-corrected chi connectivity index (χ1v) is 10.1. The number of hydrogen-bond acceptors (Lipinski definition) is 6. The molecule has 2 fully saturated rings. The molecule has 2 aromatic rings. The van der Waals surface area contributed by atoms with E-state index in [0.717, 1.165) is 12.8 Å². The molecule has 0 radical (unpaired) electrons. The number of benzene rings is 1. The van der Waals surface area contributed by atoms with Crippen LogP contribution in [0.3, 0.4) is 0 Å². The maximum atomic E-state index is 12.8. The summed E-state index contributed by atoms with van der Waals surface area (Å²) in [7, 11) is 0. The van der Waals surface area contributed by atoms with E-state index < -0.39 is 11.2 Å². The van der Waals surface area contributed by atoms with E-state index in [9.17, 15) is 24.8 Å². The summed E-state index contributed by atoms with van der Waals surface area (Å²) in [6, 6.07) is 8.19. The Bertz CT molecular complexity index is 1170. The third kappa shape index (κ3) is 4.34. The van der Waals surface area contributed by atoms with Crippen molar-refractivity contribution in [1.82, 2.24) is 14.5 Å². The molecule has 9 nitrogen and oxygen atoms in total. The summed E-state index contributed by atoms with van der Waals surface area (Å²) in [5, 5.41) is 21.9. The number of nitriles is 1. The number of aromatic nitrogens is 2. The summed E-state index contributed by atoms with van der Waals surface area (Å²) in [6.07, 6.45) is 1.68. The topological polar surface area (TPSA) is 128 Å². The molecule has 2 N–H and O–H groups in total. The molecule has 0 spiro atoms. The van der Waals surface area contributed by atoms with Gasteiger partial charge < -0.3 is 15.3 Å². The van der Waals surface area contributed by atoms with E-state index in [2.05, 4.69) is 10.3 Å². The average molecular weight is 421 g/mol. The molecule has 9 heteroatoms. The number of aryl methyl sites for hydroxylation is 1. The molecular formula is C22H23N5O4. The lowest BCUT2D eigenvalue weighted by atomic mass is 9.97. The lowest BCUT2D eigenvalue weighted by Gasteiger charge is -2.44. The van der Waals surface area contributed by atoms with Crippen LogP contribution in [0.15, 0.2) is 29.1 Å². The van der Waals surface area contributed by atoms with Crippen molar-refractivity contribution >= 4 is 17.5 Å². The van der Waals surface area contributed by atoms with E-state index in [-0.39, 0.29) is 37.4 Å². The molecule has 0 unspecified atom stereocenters. The van der Waals surface area contributed by atoms with Crippen molar-refractivity contribution in [3.8, 4) is 17.3 Å². The molecule has 1 aliphatic heterocycles. The van der Waals surface area contributed by atoms with Gasteiger partial charge in [0.05, 0.1) is 41.7 Å². The lowest BCUT2D eigenvalue weighted by molar-refractivity contribution is -0.153. The second-order valence-electron chi connectivity index (χ2n) is 8.50. The molecule has 1 aromatic carbocycles. The van der Waals surface area contributed by atoms with Gasteiger partial charge in [0.1, 0.15) is 12.4 Å². The first kappa shape index (κ1) is 20.8. The molecular weight excluding hydrogens is 398 g/mol. The average Bonchev–Trinajstić information content (AvgIpc) is 3.53. The van der Waals surface area contributed by atoms with Crippen LogP contribution in [-0.2, 0) is 16.1 Å². The van der Waals surface area contributed by atoms with Crippen molar-refractivity contribution in [2.24, 2.45) is 5.92 Å². The van der Waals surface area contributed by atoms with Gasteiger partial charge in [-0.15, -0.1) is 0 Å². The van der Waals surface area contributed by atoms with Gasteiger partial charge in [0.2, 0.25) is 11.8 Å². The Balaban J connectivity index is 1.62. The zero-order valence-electron chi connectivity index (χ0n) is 17.4. The van der Waals surface area contributed by atoms with Gasteiger partial charge in [-0.3, -0.25) is 19.0 Å². The van der Waals surface area contributed by atoms with Gasteiger partial charge in [-0.25, -0.2) is 4.98 Å². The number of β-amino-alcohol motifs (C(OH)–C–C–N with tert-alkyl or cyclic N) is 1. The minimum absolute atomic E-state index is 0.0189. The molecule has 4 rings (SSSR count). The summed E-state index contributed by atoms with van der Waals surface area (Å²) >= 11 is 0. The Labute approximate surface area is 178 Å². The normalized spacial score (nSPS) is 16.9. The summed E-state index contributed by atoms with van der Waals surface area (Å²) in [6.45, 7) is 3.60. The molecule has 0 atom stereocenters. The Morgan fingerprint density at radius 2 is 2.03 bits per heavy atom. The largest absolute Gasteiger partial charge is 0.386 e. The Kier molecular flexibility index (Phi) is 5.11. The molecule has 2 aliphatic rings. The van der Waals surface area contributed by atoms with Crippen LogP contribution >= 0.6 is 0 Å². The van der Waals surface area contributed by atoms with Gasteiger partial charge in [-0.05, 0) is 44.9 Å². The highest BCUT2D eigenvalue weighted by Gasteiger charge is 2.39. The van der Waals surface area contributed by atoms with Crippen molar-refractivity contribution in [1.29, 1.82) is 5.26 Å². The van der Waals surface area contributed by atoms with Crippen LogP contribution < -0.4 is 10.9 Å².